The maximum atomic E-state index is 11.9. The molecule has 0 saturated carbocycles. The SMILES string of the molecule is CC(C)COC(=O)CCCCCCCCC(=O)Oc1c(Cl)cc(Cl)cc1Cl. The van der Waals surface area contributed by atoms with Crippen LogP contribution in [0.2, 0.25) is 15.1 Å². The van der Waals surface area contributed by atoms with Crippen LogP contribution in [0.3, 0.4) is 0 Å². The largest absolute Gasteiger partial charge is 0.465 e. The van der Waals surface area contributed by atoms with Crippen molar-refractivity contribution in [3.63, 3.8) is 0 Å². The van der Waals surface area contributed by atoms with Crippen molar-refractivity contribution in [2.75, 3.05) is 6.61 Å². The average molecular weight is 438 g/mol. The quantitative estimate of drug-likeness (QED) is 0.203. The molecule has 1 aromatic carbocycles. The summed E-state index contributed by atoms with van der Waals surface area (Å²) in [6, 6.07) is 2.96. The molecule has 0 bridgehead atoms. The summed E-state index contributed by atoms with van der Waals surface area (Å²) in [5.41, 5.74) is 0. The van der Waals surface area contributed by atoms with E-state index in [1.165, 1.54) is 12.1 Å². The molecule has 0 aliphatic heterocycles. The van der Waals surface area contributed by atoms with Crippen LogP contribution < -0.4 is 4.74 Å². The first-order valence-corrected chi connectivity index (χ1v) is 10.4. The molecule has 7 heteroatoms. The zero-order chi connectivity index (χ0) is 20.2. The minimum Gasteiger partial charge on any atom is -0.465 e. The lowest BCUT2D eigenvalue weighted by Crippen LogP contribution is -2.09. The zero-order valence-electron chi connectivity index (χ0n) is 15.9. The van der Waals surface area contributed by atoms with Crippen molar-refractivity contribution in [1.29, 1.82) is 0 Å². The van der Waals surface area contributed by atoms with Crippen LogP contribution in [-0.4, -0.2) is 18.5 Å². The van der Waals surface area contributed by atoms with Crippen molar-refractivity contribution < 1.29 is 19.1 Å². The molecule has 0 aliphatic rings. The Bertz CT molecular complexity index is 594. The van der Waals surface area contributed by atoms with Crippen LogP contribution in [0.1, 0.15) is 65.2 Å². The number of rotatable bonds is 12. The van der Waals surface area contributed by atoms with E-state index >= 15 is 0 Å². The highest BCUT2D eigenvalue weighted by atomic mass is 35.5. The van der Waals surface area contributed by atoms with Gasteiger partial charge in [0.1, 0.15) is 0 Å². The van der Waals surface area contributed by atoms with E-state index < -0.39 is 0 Å². The summed E-state index contributed by atoms with van der Waals surface area (Å²) < 4.78 is 10.4. The van der Waals surface area contributed by atoms with Gasteiger partial charge in [-0.25, -0.2) is 0 Å². The molecule has 0 aromatic heterocycles. The molecular weight excluding hydrogens is 411 g/mol. The topological polar surface area (TPSA) is 52.6 Å². The number of ether oxygens (including phenoxy) is 2. The standard InChI is InChI=1S/C20H27Cl3O4/c1-14(2)13-26-18(24)9-7-5-3-4-6-8-10-19(25)27-20-16(22)11-15(21)12-17(20)23/h11-12,14H,3-10,13H2,1-2H3. The van der Waals surface area contributed by atoms with E-state index in [0.717, 1.165) is 38.5 Å². The van der Waals surface area contributed by atoms with Gasteiger partial charge in [0.05, 0.1) is 16.7 Å². The fourth-order valence-electron chi connectivity index (χ4n) is 2.37. The van der Waals surface area contributed by atoms with Gasteiger partial charge >= 0.3 is 11.9 Å². The summed E-state index contributed by atoms with van der Waals surface area (Å²) >= 11 is 17.8. The normalized spacial score (nSPS) is 10.9. The van der Waals surface area contributed by atoms with Gasteiger partial charge in [0, 0.05) is 17.9 Å². The highest BCUT2D eigenvalue weighted by Gasteiger charge is 2.13. The molecule has 1 rings (SSSR count). The summed E-state index contributed by atoms with van der Waals surface area (Å²) in [5, 5.41) is 0.818. The second-order valence-corrected chi connectivity index (χ2v) is 8.12. The van der Waals surface area contributed by atoms with Crippen molar-refractivity contribution in [2.45, 2.75) is 65.2 Å². The average Bonchev–Trinajstić information content (AvgIpc) is 2.58. The Morgan fingerprint density at radius 3 is 1.85 bits per heavy atom. The number of hydrogen-bond acceptors (Lipinski definition) is 4. The Labute approximate surface area is 176 Å². The Balaban J connectivity index is 2.08. The van der Waals surface area contributed by atoms with E-state index in [1.807, 2.05) is 13.8 Å². The van der Waals surface area contributed by atoms with E-state index in [1.54, 1.807) is 0 Å². The lowest BCUT2D eigenvalue weighted by Gasteiger charge is -2.09. The highest BCUT2D eigenvalue weighted by molar-refractivity contribution is 6.40. The van der Waals surface area contributed by atoms with Crippen LogP contribution in [0.5, 0.6) is 5.75 Å². The zero-order valence-corrected chi connectivity index (χ0v) is 18.1. The molecule has 152 valence electrons. The number of hydrogen-bond donors (Lipinski definition) is 0. The van der Waals surface area contributed by atoms with Crippen LogP contribution in [-0.2, 0) is 14.3 Å². The molecule has 1 aromatic rings. The summed E-state index contributed by atoms with van der Waals surface area (Å²) in [4.78, 5) is 23.4. The molecule has 0 fully saturated rings. The molecule has 0 heterocycles. The van der Waals surface area contributed by atoms with Gasteiger partial charge in [0.15, 0.2) is 5.75 Å². The van der Waals surface area contributed by atoms with E-state index in [9.17, 15) is 9.59 Å². The van der Waals surface area contributed by atoms with Gasteiger partial charge in [-0.2, -0.15) is 0 Å². The molecule has 0 unspecified atom stereocenters. The van der Waals surface area contributed by atoms with E-state index in [2.05, 4.69) is 0 Å². The fraction of sp³-hybridized carbons (Fsp3) is 0.600. The van der Waals surface area contributed by atoms with Crippen LogP contribution in [0, 0.1) is 5.92 Å². The van der Waals surface area contributed by atoms with Crippen molar-refractivity contribution in [1.82, 2.24) is 0 Å². The molecule has 0 atom stereocenters. The van der Waals surface area contributed by atoms with E-state index in [4.69, 9.17) is 44.3 Å². The third kappa shape index (κ3) is 10.8. The lowest BCUT2D eigenvalue weighted by atomic mass is 10.1. The predicted octanol–water partition coefficient (Wildman–Crippen LogP) is 6.87. The van der Waals surface area contributed by atoms with Crippen LogP contribution >= 0.6 is 34.8 Å². The second kappa shape index (κ2) is 13.2. The summed E-state index contributed by atoms with van der Waals surface area (Å²) in [7, 11) is 0. The fourth-order valence-corrected chi connectivity index (χ4v) is 3.26. The summed E-state index contributed by atoms with van der Waals surface area (Å²) in [6.07, 6.45) is 6.30. The molecule has 4 nitrogen and oxygen atoms in total. The number of carbonyl (C=O) groups is 2. The maximum absolute atomic E-state index is 11.9. The van der Waals surface area contributed by atoms with Gasteiger partial charge in [-0.1, -0.05) is 74.3 Å². The maximum Gasteiger partial charge on any atom is 0.311 e. The third-order valence-corrected chi connectivity index (χ3v) is 4.55. The first-order chi connectivity index (χ1) is 12.8. The van der Waals surface area contributed by atoms with Gasteiger partial charge in [-0.15, -0.1) is 0 Å². The van der Waals surface area contributed by atoms with Gasteiger partial charge < -0.3 is 9.47 Å². The first kappa shape index (κ1) is 24.1. The molecule has 27 heavy (non-hydrogen) atoms. The number of carbonyl (C=O) groups excluding carboxylic acids is 2. The number of benzene rings is 1. The minimum absolute atomic E-state index is 0.119. The molecule has 0 N–H and O–H groups in total. The molecule has 0 saturated heterocycles. The molecule has 0 aliphatic carbocycles. The van der Waals surface area contributed by atoms with Gasteiger partial charge in [-0.05, 0) is 30.9 Å². The Hall–Kier alpha value is -0.970. The minimum atomic E-state index is -0.367. The summed E-state index contributed by atoms with van der Waals surface area (Å²) in [6.45, 7) is 4.52. The lowest BCUT2D eigenvalue weighted by molar-refractivity contribution is -0.144. The smallest absolute Gasteiger partial charge is 0.311 e. The predicted molar refractivity (Wildman–Crippen MR) is 110 cm³/mol. The number of halogens is 3. The molecule has 0 radical (unpaired) electrons. The summed E-state index contributed by atoms with van der Waals surface area (Å²) in [5.74, 6) is 0.0319. The van der Waals surface area contributed by atoms with Crippen LogP contribution in [0.4, 0.5) is 0 Å². The van der Waals surface area contributed by atoms with E-state index in [0.29, 0.717) is 30.4 Å². The third-order valence-electron chi connectivity index (χ3n) is 3.77. The monoisotopic (exact) mass is 436 g/mol. The Kier molecular flexibility index (Phi) is 11.8. The van der Waals surface area contributed by atoms with Gasteiger partial charge in [-0.3, -0.25) is 9.59 Å². The van der Waals surface area contributed by atoms with Crippen molar-refractivity contribution in [3.8, 4) is 5.75 Å². The Morgan fingerprint density at radius 1 is 0.852 bits per heavy atom. The van der Waals surface area contributed by atoms with Crippen molar-refractivity contribution in [2.24, 2.45) is 5.92 Å². The second-order valence-electron chi connectivity index (χ2n) is 6.87. The Morgan fingerprint density at radius 2 is 1.33 bits per heavy atom. The molecular formula is C20H27Cl3O4. The van der Waals surface area contributed by atoms with E-state index in [-0.39, 0.29) is 27.7 Å². The first-order valence-electron chi connectivity index (χ1n) is 9.30. The number of unbranched alkanes of at least 4 members (excludes halogenated alkanes) is 5. The molecule has 0 spiro atoms. The van der Waals surface area contributed by atoms with Crippen LogP contribution in [0.15, 0.2) is 12.1 Å². The van der Waals surface area contributed by atoms with Gasteiger partial charge in [0.2, 0.25) is 0 Å². The van der Waals surface area contributed by atoms with Crippen LogP contribution in [0.25, 0.3) is 0 Å². The van der Waals surface area contributed by atoms with Crippen molar-refractivity contribution in [3.05, 3.63) is 27.2 Å². The van der Waals surface area contributed by atoms with Crippen molar-refractivity contribution >= 4 is 46.7 Å². The van der Waals surface area contributed by atoms with Gasteiger partial charge in [0.25, 0.3) is 0 Å². The molecule has 0 amide bonds. The number of esters is 2. The highest BCUT2D eigenvalue weighted by Crippen LogP contribution is 2.36.